The molecule has 0 N–H and O–H groups in total. The molecular weight excluding hydrogens is 484 g/mol. The summed E-state index contributed by atoms with van der Waals surface area (Å²) in [5.41, 5.74) is 7.99. The second-order valence-electron chi connectivity index (χ2n) is 11.2. The fourth-order valence-electron chi connectivity index (χ4n) is 6.45. The Morgan fingerprint density at radius 1 is 1.00 bits per heavy atom. The topological polar surface area (TPSA) is 44.6 Å². The molecule has 0 atom stereocenters. The number of piperidine rings is 1. The summed E-state index contributed by atoms with van der Waals surface area (Å²) in [5, 5.41) is 4.21. The van der Waals surface area contributed by atoms with E-state index in [0.29, 0.717) is 30.1 Å². The number of hydrogen-bond acceptors (Lipinski definition) is 4. The van der Waals surface area contributed by atoms with Gasteiger partial charge in [0.2, 0.25) is 5.91 Å². The van der Waals surface area contributed by atoms with Gasteiger partial charge >= 0.3 is 0 Å². The van der Waals surface area contributed by atoms with Crippen LogP contribution in [0.15, 0.2) is 36.7 Å². The van der Waals surface area contributed by atoms with Gasteiger partial charge in [0.05, 0.1) is 6.20 Å². The van der Waals surface area contributed by atoms with Crippen LogP contribution >= 0.6 is 0 Å². The number of rotatable bonds is 4. The van der Waals surface area contributed by atoms with E-state index in [0.717, 1.165) is 67.8 Å². The first kappa shape index (κ1) is 25.0. The van der Waals surface area contributed by atoms with Gasteiger partial charge in [0.15, 0.2) is 0 Å². The Hall–Kier alpha value is -3.26. The zero-order chi connectivity index (χ0) is 26.6. The molecule has 3 aromatic rings. The van der Waals surface area contributed by atoms with Crippen LogP contribution in [0.4, 0.5) is 20.2 Å². The lowest BCUT2D eigenvalue weighted by Crippen LogP contribution is -2.30. The smallest absolute Gasteiger partial charge is 0.264 e. The molecule has 1 amide bonds. The van der Waals surface area contributed by atoms with E-state index < -0.39 is 6.43 Å². The number of amides is 1. The standard InChI is InChI=1S/C30H35F2N5O/c1-19(38)36-17-23-11-22(20-6-9-34(2)10-7-20)13-29(27(23)18-36)37-8-4-5-21-12-25(24-15-33-35(3)16-24)26(30(31)32)14-28(21)37/h11-16,20,30H,4-10,17-18H2,1-3H3. The van der Waals surface area contributed by atoms with Crippen molar-refractivity contribution in [3.05, 3.63) is 64.5 Å². The van der Waals surface area contributed by atoms with Crippen LogP contribution in [0.5, 0.6) is 0 Å². The summed E-state index contributed by atoms with van der Waals surface area (Å²) in [5.74, 6) is 0.531. The van der Waals surface area contributed by atoms with E-state index in [9.17, 15) is 13.6 Å². The molecule has 0 saturated carbocycles. The van der Waals surface area contributed by atoms with E-state index in [4.69, 9.17) is 0 Å². The van der Waals surface area contributed by atoms with Crippen LogP contribution in [-0.2, 0) is 31.4 Å². The number of benzene rings is 2. The Morgan fingerprint density at radius 3 is 2.47 bits per heavy atom. The fraction of sp³-hybridized carbons (Fsp3) is 0.467. The fourth-order valence-corrected chi connectivity index (χ4v) is 6.45. The van der Waals surface area contributed by atoms with Gasteiger partial charge in [-0.2, -0.15) is 5.10 Å². The number of likely N-dealkylation sites (tertiary alicyclic amines) is 1. The molecule has 0 aliphatic carbocycles. The lowest BCUT2D eigenvalue weighted by molar-refractivity contribution is -0.129. The summed E-state index contributed by atoms with van der Waals surface area (Å²) in [6.07, 6.45) is 4.85. The zero-order valence-corrected chi connectivity index (χ0v) is 22.4. The number of aryl methyl sites for hydroxylation is 2. The highest BCUT2D eigenvalue weighted by Gasteiger charge is 2.31. The highest BCUT2D eigenvalue weighted by atomic mass is 19.3. The SMILES string of the molecule is CC(=O)N1Cc2cc(C3CCN(C)CC3)cc(N3CCCc4cc(-c5cnn(C)c5)c(C(F)F)cc43)c2C1. The molecule has 1 saturated heterocycles. The summed E-state index contributed by atoms with van der Waals surface area (Å²) in [6, 6.07) is 8.25. The van der Waals surface area contributed by atoms with Crippen molar-refractivity contribution in [2.24, 2.45) is 7.05 Å². The second-order valence-corrected chi connectivity index (χ2v) is 11.2. The summed E-state index contributed by atoms with van der Waals surface area (Å²) in [7, 11) is 3.97. The number of hydrogen-bond donors (Lipinski definition) is 0. The van der Waals surface area contributed by atoms with Gasteiger partial charge in [0.25, 0.3) is 6.43 Å². The van der Waals surface area contributed by atoms with E-state index in [2.05, 4.69) is 34.1 Å². The van der Waals surface area contributed by atoms with Crippen molar-refractivity contribution in [3.8, 4) is 11.1 Å². The van der Waals surface area contributed by atoms with E-state index in [1.165, 1.54) is 11.1 Å². The minimum Gasteiger partial charge on any atom is -0.341 e. The molecule has 1 aromatic heterocycles. The summed E-state index contributed by atoms with van der Waals surface area (Å²) in [6.45, 7) is 5.70. The quantitative estimate of drug-likeness (QED) is 0.438. The average molecular weight is 520 g/mol. The molecule has 0 spiro atoms. The van der Waals surface area contributed by atoms with Crippen molar-refractivity contribution in [3.63, 3.8) is 0 Å². The maximum Gasteiger partial charge on any atom is 0.264 e. The average Bonchev–Trinajstić information content (AvgIpc) is 3.54. The van der Waals surface area contributed by atoms with Gasteiger partial charge in [0.1, 0.15) is 0 Å². The van der Waals surface area contributed by atoms with Crippen LogP contribution in [0.3, 0.4) is 0 Å². The summed E-state index contributed by atoms with van der Waals surface area (Å²) >= 11 is 0. The summed E-state index contributed by atoms with van der Waals surface area (Å²) in [4.78, 5) is 18.8. The highest BCUT2D eigenvalue weighted by molar-refractivity contribution is 5.80. The van der Waals surface area contributed by atoms with E-state index in [1.54, 1.807) is 37.1 Å². The number of halogens is 2. The number of aromatic nitrogens is 2. The highest BCUT2D eigenvalue weighted by Crippen LogP contribution is 2.45. The van der Waals surface area contributed by atoms with Crippen molar-refractivity contribution >= 4 is 17.3 Å². The van der Waals surface area contributed by atoms with Gasteiger partial charge in [-0.1, -0.05) is 6.07 Å². The Bertz CT molecular complexity index is 1380. The maximum absolute atomic E-state index is 14.4. The monoisotopic (exact) mass is 519 g/mol. The number of carbonyl (C=O) groups excluding carboxylic acids is 1. The predicted molar refractivity (Wildman–Crippen MR) is 145 cm³/mol. The van der Waals surface area contributed by atoms with Crippen molar-refractivity contribution in [2.75, 3.05) is 31.6 Å². The first-order valence-corrected chi connectivity index (χ1v) is 13.6. The van der Waals surface area contributed by atoms with Crippen molar-refractivity contribution < 1.29 is 13.6 Å². The van der Waals surface area contributed by atoms with Crippen LogP contribution in [0.1, 0.15) is 66.3 Å². The molecule has 4 heterocycles. The number of fused-ring (bicyclic) bond motifs is 2. The Morgan fingerprint density at radius 2 is 1.79 bits per heavy atom. The van der Waals surface area contributed by atoms with Gasteiger partial charge in [-0.05, 0) is 92.2 Å². The van der Waals surface area contributed by atoms with Gasteiger partial charge in [-0.3, -0.25) is 9.48 Å². The molecule has 0 bridgehead atoms. The van der Waals surface area contributed by atoms with E-state index in [-0.39, 0.29) is 11.5 Å². The lowest BCUT2D eigenvalue weighted by atomic mass is 9.86. The van der Waals surface area contributed by atoms with Crippen LogP contribution in [0.25, 0.3) is 11.1 Å². The van der Waals surface area contributed by atoms with Crippen molar-refractivity contribution in [1.29, 1.82) is 0 Å². The molecule has 1 fully saturated rings. The predicted octanol–water partition coefficient (Wildman–Crippen LogP) is 5.78. The normalized spacial score (nSPS) is 18.3. The maximum atomic E-state index is 14.4. The molecule has 38 heavy (non-hydrogen) atoms. The molecule has 200 valence electrons. The number of alkyl halides is 2. The van der Waals surface area contributed by atoms with Crippen molar-refractivity contribution in [2.45, 2.75) is 58.0 Å². The third-order valence-corrected chi connectivity index (χ3v) is 8.60. The largest absolute Gasteiger partial charge is 0.341 e. The van der Waals surface area contributed by atoms with Gasteiger partial charge in [-0.25, -0.2) is 8.78 Å². The molecule has 6 nitrogen and oxygen atoms in total. The third kappa shape index (κ3) is 4.49. The molecule has 3 aliphatic heterocycles. The second kappa shape index (κ2) is 9.80. The molecule has 0 unspecified atom stereocenters. The van der Waals surface area contributed by atoms with Gasteiger partial charge in [-0.15, -0.1) is 0 Å². The van der Waals surface area contributed by atoms with Gasteiger partial charge < -0.3 is 14.7 Å². The molecular formula is C30H35F2N5O. The number of nitrogens with zero attached hydrogens (tertiary/aromatic N) is 5. The minimum atomic E-state index is -2.59. The summed E-state index contributed by atoms with van der Waals surface area (Å²) < 4.78 is 30.5. The Kier molecular flexibility index (Phi) is 6.46. The molecule has 6 rings (SSSR count). The number of anilines is 2. The molecule has 8 heteroatoms. The zero-order valence-electron chi connectivity index (χ0n) is 22.4. The molecule has 2 aromatic carbocycles. The molecule has 3 aliphatic rings. The van der Waals surface area contributed by atoms with Crippen LogP contribution < -0.4 is 4.90 Å². The first-order chi connectivity index (χ1) is 18.3. The number of carbonyl (C=O) groups is 1. The van der Waals surface area contributed by atoms with Crippen molar-refractivity contribution in [1.82, 2.24) is 19.6 Å². The molecule has 0 radical (unpaired) electrons. The van der Waals surface area contributed by atoms with Crippen LogP contribution in [0.2, 0.25) is 0 Å². The van der Waals surface area contributed by atoms with E-state index in [1.807, 2.05) is 11.0 Å². The Labute approximate surface area is 222 Å². The Balaban J connectivity index is 1.47. The minimum absolute atomic E-state index is 0.0390. The van der Waals surface area contributed by atoms with E-state index >= 15 is 0 Å². The lowest BCUT2D eigenvalue weighted by Gasteiger charge is -2.35. The van der Waals surface area contributed by atoms with Crippen LogP contribution in [-0.4, -0.2) is 52.2 Å². The third-order valence-electron chi connectivity index (χ3n) is 8.60. The van der Waals surface area contributed by atoms with Gasteiger partial charge in [0, 0.05) is 67.9 Å². The first-order valence-electron chi connectivity index (χ1n) is 13.6. The van der Waals surface area contributed by atoms with Crippen LogP contribution in [0, 0.1) is 0 Å².